The molecule has 0 spiro atoms. The van der Waals surface area contributed by atoms with Gasteiger partial charge in [0.1, 0.15) is 11.2 Å². The first-order valence-electron chi connectivity index (χ1n) is 17.8. The van der Waals surface area contributed by atoms with Crippen molar-refractivity contribution in [1.29, 1.82) is 0 Å². The van der Waals surface area contributed by atoms with E-state index in [0.29, 0.717) is 0 Å². The first-order chi connectivity index (χ1) is 25.8. The fourth-order valence-electron chi connectivity index (χ4n) is 7.84. The molecule has 0 N–H and O–H groups in total. The minimum atomic E-state index is 0.908. The Morgan fingerprint density at radius 3 is 1.71 bits per heavy atom. The zero-order valence-electron chi connectivity index (χ0n) is 28.4. The number of hydrogen-bond donors (Lipinski definition) is 0. The molecular formula is C50H33NO. The van der Waals surface area contributed by atoms with Gasteiger partial charge in [0.15, 0.2) is 0 Å². The number of rotatable bonds is 6. The molecule has 0 saturated carbocycles. The van der Waals surface area contributed by atoms with Crippen LogP contribution in [0.3, 0.4) is 0 Å². The fourth-order valence-corrected chi connectivity index (χ4v) is 7.84. The Bertz CT molecular complexity index is 2880. The molecule has 244 valence electrons. The number of benzene rings is 9. The summed E-state index contributed by atoms with van der Waals surface area (Å²) in [7, 11) is 0. The second kappa shape index (κ2) is 12.5. The predicted octanol–water partition coefficient (Wildman–Crippen LogP) is 14.4. The molecule has 2 heteroatoms. The SMILES string of the molecule is c1ccc(-c2ccc(N(c3ccc(-c4cccc5ccccc45)cc3)c3ccccc3-c3cccc4c3ccc3oc5ccccc5c34)cc2)cc1. The van der Waals surface area contributed by atoms with E-state index in [1.165, 1.54) is 49.4 Å². The van der Waals surface area contributed by atoms with Crippen LogP contribution in [0.1, 0.15) is 0 Å². The average molecular weight is 664 g/mol. The van der Waals surface area contributed by atoms with Crippen molar-refractivity contribution >= 4 is 60.5 Å². The van der Waals surface area contributed by atoms with Crippen LogP contribution in [0.2, 0.25) is 0 Å². The van der Waals surface area contributed by atoms with E-state index >= 15 is 0 Å². The van der Waals surface area contributed by atoms with Gasteiger partial charge < -0.3 is 9.32 Å². The Morgan fingerprint density at radius 2 is 0.885 bits per heavy atom. The van der Waals surface area contributed by atoms with E-state index in [1.54, 1.807) is 0 Å². The molecule has 0 aliphatic carbocycles. The topological polar surface area (TPSA) is 16.4 Å². The highest BCUT2D eigenvalue weighted by atomic mass is 16.3. The molecule has 2 nitrogen and oxygen atoms in total. The van der Waals surface area contributed by atoms with Crippen molar-refractivity contribution in [3.63, 3.8) is 0 Å². The molecule has 9 aromatic carbocycles. The highest BCUT2D eigenvalue weighted by Crippen LogP contribution is 2.45. The van der Waals surface area contributed by atoms with Crippen LogP contribution < -0.4 is 4.90 Å². The van der Waals surface area contributed by atoms with Gasteiger partial charge in [0.05, 0.1) is 5.69 Å². The third kappa shape index (κ3) is 5.04. The van der Waals surface area contributed by atoms with Crippen molar-refractivity contribution in [3.8, 4) is 33.4 Å². The van der Waals surface area contributed by atoms with Crippen LogP contribution >= 0.6 is 0 Å². The number of fused-ring (bicyclic) bond motifs is 6. The first-order valence-corrected chi connectivity index (χ1v) is 17.8. The molecule has 0 unspecified atom stereocenters. The number of furan rings is 1. The summed E-state index contributed by atoms with van der Waals surface area (Å²) in [5.74, 6) is 0. The Labute approximate surface area is 302 Å². The summed E-state index contributed by atoms with van der Waals surface area (Å²) in [6.45, 7) is 0. The van der Waals surface area contributed by atoms with Crippen LogP contribution in [0.25, 0.3) is 76.9 Å². The maximum absolute atomic E-state index is 6.28. The van der Waals surface area contributed by atoms with E-state index in [9.17, 15) is 0 Å². The van der Waals surface area contributed by atoms with E-state index in [-0.39, 0.29) is 0 Å². The normalized spacial score (nSPS) is 11.5. The van der Waals surface area contributed by atoms with Crippen molar-refractivity contribution in [3.05, 3.63) is 200 Å². The van der Waals surface area contributed by atoms with E-state index in [2.05, 4.69) is 193 Å². The summed E-state index contributed by atoms with van der Waals surface area (Å²) in [5.41, 5.74) is 12.3. The van der Waals surface area contributed by atoms with Gasteiger partial charge in [-0.1, -0.05) is 158 Å². The maximum Gasteiger partial charge on any atom is 0.136 e. The molecule has 52 heavy (non-hydrogen) atoms. The second-order valence-electron chi connectivity index (χ2n) is 13.3. The van der Waals surface area contributed by atoms with Crippen LogP contribution in [-0.4, -0.2) is 0 Å². The molecule has 0 aliphatic rings. The highest BCUT2D eigenvalue weighted by Gasteiger charge is 2.20. The molecule has 0 amide bonds. The summed E-state index contributed by atoms with van der Waals surface area (Å²) < 4.78 is 6.28. The summed E-state index contributed by atoms with van der Waals surface area (Å²) >= 11 is 0. The van der Waals surface area contributed by atoms with E-state index in [4.69, 9.17) is 4.42 Å². The van der Waals surface area contributed by atoms with Crippen molar-refractivity contribution < 1.29 is 4.42 Å². The Balaban J connectivity index is 1.15. The number of para-hydroxylation sites is 2. The van der Waals surface area contributed by atoms with E-state index < -0.39 is 0 Å². The minimum Gasteiger partial charge on any atom is -0.456 e. The summed E-state index contributed by atoms with van der Waals surface area (Å²) in [5, 5.41) is 7.18. The molecule has 0 aliphatic heterocycles. The molecule has 10 aromatic rings. The van der Waals surface area contributed by atoms with Gasteiger partial charge >= 0.3 is 0 Å². The molecule has 0 saturated heterocycles. The highest BCUT2D eigenvalue weighted by molar-refractivity contribution is 6.21. The monoisotopic (exact) mass is 663 g/mol. The van der Waals surface area contributed by atoms with Crippen molar-refractivity contribution in [2.45, 2.75) is 0 Å². The molecule has 10 rings (SSSR count). The molecule has 1 aromatic heterocycles. The van der Waals surface area contributed by atoms with Gasteiger partial charge in [-0.3, -0.25) is 0 Å². The number of anilines is 3. The third-order valence-corrected chi connectivity index (χ3v) is 10.3. The van der Waals surface area contributed by atoms with Crippen molar-refractivity contribution in [1.82, 2.24) is 0 Å². The smallest absolute Gasteiger partial charge is 0.136 e. The van der Waals surface area contributed by atoms with Crippen LogP contribution in [0.5, 0.6) is 0 Å². The zero-order valence-corrected chi connectivity index (χ0v) is 28.4. The molecule has 0 atom stereocenters. The van der Waals surface area contributed by atoms with Gasteiger partial charge in [0, 0.05) is 27.7 Å². The van der Waals surface area contributed by atoms with E-state index in [0.717, 1.165) is 44.6 Å². The lowest BCUT2D eigenvalue weighted by molar-refractivity contribution is 0.669. The van der Waals surface area contributed by atoms with Gasteiger partial charge in [-0.25, -0.2) is 0 Å². The largest absolute Gasteiger partial charge is 0.456 e. The summed E-state index contributed by atoms with van der Waals surface area (Å²) in [4.78, 5) is 2.39. The van der Waals surface area contributed by atoms with Gasteiger partial charge in [-0.15, -0.1) is 0 Å². The second-order valence-corrected chi connectivity index (χ2v) is 13.3. The number of nitrogens with zero attached hydrogens (tertiary/aromatic N) is 1. The zero-order chi connectivity index (χ0) is 34.4. The van der Waals surface area contributed by atoms with Crippen molar-refractivity contribution in [2.24, 2.45) is 0 Å². The first kappa shape index (κ1) is 30.0. The molecule has 1 heterocycles. The summed E-state index contributed by atoms with van der Waals surface area (Å²) in [6.07, 6.45) is 0. The Morgan fingerprint density at radius 1 is 0.308 bits per heavy atom. The fraction of sp³-hybridized carbons (Fsp3) is 0. The van der Waals surface area contributed by atoms with Crippen LogP contribution in [0.4, 0.5) is 17.1 Å². The summed E-state index contributed by atoms with van der Waals surface area (Å²) in [6, 6.07) is 71.7. The van der Waals surface area contributed by atoms with Gasteiger partial charge in [-0.05, 0) is 91.8 Å². The quantitative estimate of drug-likeness (QED) is 0.176. The van der Waals surface area contributed by atoms with Gasteiger partial charge in [-0.2, -0.15) is 0 Å². The Hall–Kier alpha value is -6.90. The lowest BCUT2D eigenvalue weighted by Gasteiger charge is -2.28. The van der Waals surface area contributed by atoms with Crippen LogP contribution in [0, 0.1) is 0 Å². The molecular weight excluding hydrogens is 631 g/mol. The standard InChI is InChI=1S/C50H33NO/c1-2-12-34(13-3-1)35-24-28-38(29-25-35)51(39-30-26-37(27-31-39)41-19-10-15-36-14-4-5-16-40(36)41)47-22-8-6-17-44(47)42-20-11-21-45-43(42)32-33-49-50(45)46-18-7-9-23-48(46)52-49/h1-33H. The minimum absolute atomic E-state index is 0.908. The molecule has 0 radical (unpaired) electrons. The van der Waals surface area contributed by atoms with Crippen LogP contribution in [-0.2, 0) is 0 Å². The lowest BCUT2D eigenvalue weighted by atomic mass is 9.94. The van der Waals surface area contributed by atoms with Crippen molar-refractivity contribution in [2.75, 3.05) is 4.90 Å². The average Bonchev–Trinajstić information content (AvgIpc) is 3.61. The molecule has 0 bridgehead atoms. The Kier molecular flexibility index (Phi) is 7.18. The lowest BCUT2D eigenvalue weighted by Crippen LogP contribution is -2.11. The van der Waals surface area contributed by atoms with E-state index in [1.807, 2.05) is 12.1 Å². The number of hydrogen-bond acceptors (Lipinski definition) is 2. The molecule has 0 fully saturated rings. The van der Waals surface area contributed by atoms with Gasteiger partial charge in [0.25, 0.3) is 0 Å². The maximum atomic E-state index is 6.28. The predicted molar refractivity (Wildman–Crippen MR) is 220 cm³/mol. The van der Waals surface area contributed by atoms with Gasteiger partial charge in [0.2, 0.25) is 0 Å². The third-order valence-electron chi connectivity index (χ3n) is 10.3. The van der Waals surface area contributed by atoms with Crippen LogP contribution in [0.15, 0.2) is 205 Å².